The number of benzene rings is 1. The predicted octanol–water partition coefficient (Wildman–Crippen LogP) is 3.86. The Kier molecular flexibility index (Phi) is 7.65. The van der Waals surface area contributed by atoms with Crippen LogP contribution < -0.4 is 5.32 Å². The fourth-order valence-corrected chi connectivity index (χ4v) is 2.98. The summed E-state index contributed by atoms with van der Waals surface area (Å²) in [5.41, 5.74) is -5.70. The van der Waals surface area contributed by atoms with Crippen molar-refractivity contribution < 1.29 is 44.6 Å². The first-order valence-electron chi connectivity index (χ1n) is 7.70. The Morgan fingerprint density at radius 3 is 1.93 bits per heavy atom. The van der Waals surface area contributed by atoms with E-state index in [-0.39, 0.29) is 50.7 Å². The number of alkyl halides is 8. The lowest BCUT2D eigenvalue weighted by Crippen LogP contribution is -2.51. The van der Waals surface area contributed by atoms with Crippen LogP contribution in [0.3, 0.4) is 0 Å². The van der Waals surface area contributed by atoms with Gasteiger partial charge in [0.05, 0.1) is 11.1 Å². The topological polar surface area (TPSA) is 35.5 Å². The van der Waals surface area contributed by atoms with Gasteiger partial charge in [0.2, 0.25) is 0 Å². The molecule has 0 bridgehead atoms. The summed E-state index contributed by atoms with van der Waals surface area (Å²) in [5.74, 6) is -6.29. The normalized spacial score (nSPS) is 17.9. The average molecular weight is 447 g/mol. The predicted molar refractivity (Wildman–Crippen MR) is 82.9 cm³/mol. The zero-order valence-electron chi connectivity index (χ0n) is 14.0. The van der Waals surface area contributed by atoms with Crippen molar-refractivity contribution in [1.29, 1.82) is 0 Å². The van der Waals surface area contributed by atoms with Gasteiger partial charge in [0, 0.05) is 31.7 Å². The highest BCUT2D eigenvalue weighted by Crippen LogP contribution is 2.46. The van der Waals surface area contributed by atoms with Gasteiger partial charge in [0.25, 0.3) is 5.92 Å². The number of halogens is 10. The van der Waals surface area contributed by atoms with Gasteiger partial charge in [-0.05, 0) is 12.1 Å². The van der Waals surface area contributed by atoms with Gasteiger partial charge in [0.1, 0.15) is 18.5 Å². The van der Waals surface area contributed by atoms with E-state index in [0.717, 1.165) is 4.90 Å². The third kappa shape index (κ3) is 5.22. The maximum Gasteiger partial charge on any atom is 0.416 e. The van der Waals surface area contributed by atoms with Gasteiger partial charge >= 0.3 is 12.4 Å². The molecule has 0 aromatic heterocycles. The number of hydrogen-bond donors (Lipinski definition) is 2. The Morgan fingerprint density at radius 2 is 1.50 bits per heavy atom. The van der Waals surface area contributed by atoms with E-state index < -0.39 is 53.4 Å². The molecule has 3 nitrogen and oxygen atoms in total. The summed E-state index contributed by atoms with van der Waals surface area (Å²) in [7, 11) is 0. The largest absolute Gasteiger partial charge is 0.416 e. The molecule has 2 N–H and O–H groups in total. The molecule has 1 fully saturated rings. The summed E-state index contributed by atoms with van der Waals surface area (Å²) in [6, 6.07) is -3.21. The molecule has 0 saturated carbocycles. The molecule has 1 aromatic rings. The van der Waals surface area contributed by atoms with Gasteiger partial charge in [-0.1, -0.05) is 0 Å². The van der Waals surface area contributed by atoms with E-state index in [2.05, 4.69) is 5.32 Å². The molecule has 162 valence electrons. The van der Waals surface area contributed by atoms with Crippen molar-refractivity contribution in [3.63, 3.8) is 0 Å². The Morgan fingerprint density at radius 1 is 0.964 bits per heavy atom. The molecule has 2 rings (SSSR count). The van der Waals surface area contributed by atoms with Crippen LogP contribution in [0.15, 0.2) is 12.1 Å². The quantitative estimate of drug-likeness (QED) is 0.690. The van der Waals surface area contributed by atoms with Gasteiger partial charge in [-0.3, -0.25) is 4.90 Å². The van der Waals surface area contributed by atoms with Crippen molar-refractivity contribution in [2.24, 2.45) is 0 Å². The Balaban J connectivity index is 0.00000392. The highest BCUT2D eigenvalue weighted by molar-refractivity contribution is 5.85. The number of hydrogen-bond acceptors (Lipinski definition) is 3. The van der Waals surface area contributed by atoms with Crippen molar-refractivity contribution in [3.05, 3.63) is 34.6 Å². The summed E-state index contributed by atoms with van der Waals surface area (Å²) >= 11 is 0. The lowest BCUT2D eigenvalue weighted by atomic mass is 9.91. The zero-order valence-corrected chi connectivity index (χ0v) is 14.8. The van der Waals surface area contributed by atoms with Crippen LogP contribution in [0.25, 0.3) is 0 Å². The summed E-state index contributed by atoms with van der Waals surface area (Å²) in [6.45, 7) is -2.13. The molecule has 1 atom stereocenters. The first-order valence-corrected chi connectivity index (χ1v) is 7.70. The minimum atomic E-state index is -5.52. The van der Waals surface area contributed by atoms with E-state index >= 15 is 0 Å². The molecule has 28 heavy (non-hydrogen) atoms. The van der Waals surface area contributed by atoms with E-state index in [0.29, 0.717) is 0 Å². The molecule has 0 unspecified atom stereocenters. The lowest BCUT2D eigenvalue weighted by Gasteiger charge is -2.39. The molecular weight excluding hydrogens is 431 g/mol. The van der Waals surface area contributed by atoms with E-state index in [1.54, 1.807) is 0 Å². The Hall–Kier alpha value is -1.24. The lowest BCUT2D eigenvalue weighted by molar-refractivity contribution is -0.148. The van der Waals surface area contributed by atoms with E-state index in [1.807, 2.05) is 0 Å². The van der Waals surface area contributed by atoms with Gasteiger partial charge in [-0.25, -0.2) is 13.2 Å². The van der Waals surface area contributed by atoms with Crippen LogP contribution in [0.1, 0.15) is 22.7 Å². The monoisotopic (exact) mass is 446 g/mol. The number of nitrogens with zero attached hydrogens (tertiary/aromatic N) is 1. The zero-order chi connectivity index (χ0) is 20.6. The van der Waals surface area contributed by atoms with Crippen LogP contribution in [0, 0.1) is 5.82 Å². The molecule has 1 aliphatic rings. The van der Waals surface area contributed by atoms with Gasteiger partial charge < -0.3 is 10.4 Å². The number of rotatable bonds is 4. The third-order valence-corrected chi connectivity index (χ3v) is 4.16. The van der Waals surface area contributed by atoms with Crippen LogP contribution in [0.5, 0.6) is 0 Å². The summed E-state index contributed by atoms with van der Waals surface area (Å²) in [6.07, 6.45) is -10.8. The maximum absolute atomic E-state index is 14.4. The summed E-state index contributed by atoms with van der Waals surface area (Å²) in [4.78, 5) is 0.813. The van der Waals surface area contributed by atoms with Crippen molar-refractivity contribution in [2.45, 2.75) is 24.3 Å². The van der Waals surface area contributed by atoms with E-state index in [4.69, 9.17) is 5.11 Å². The standard InChI is InChI=1S/C15H15F9N2O.ClH/c16-10-6-8(14(19,20)21)5-9(15(22,23)24)11(10)12(13(17,18)7-27)26-3-1-25-2-4-26;/h5-6,12,25,27H,1-4,7H2;1H/t12-;/m0./s1. The maximum atomic E-state index is 14.4. The van der Waals surface area contributed by atoms with Crippen LogP contribution in [-0.2, 0) is 12.4 Å². The second-order valence-electron chi connectivity index (χ2n) is 6.02. The minimum Gasteiger partial charge on any atom is -0.390 e. The highest BCUT2D eigenvalue weighted by atomic mass is 35.5. The Labute approximate surface area is 159 Å². The fraction of sp³-hybridized carbons (Fsp3) is 0.600. The van der Waals surface area contributed by atoms with Crippen molar-refractivity contribution in [2.75, 3.05) is 32.8 Å². The fourth-order valence-electron chi connectivity index (χ4n) is 2.98. The van der Waals surface area contributed by atoms with Crippen LogP contribution in [0.4, 0.5) is 39.5 Å². The smallest absolute Gasteiger partial charge is 0.390 e. The first kappa shape index (κ1) is 24.8. The second-order valence-corrected chi connectivity index (χ2v) is 6.02. The molecule has 0 amide bonds. The Bertz CT molecular complexity index is 673. The van der Waals surface area contributed by atoms with Crippen LogP contribution in [0.2, 0.25) is 0 Å². The summed E-state index contributed by atoms with van der Waals surface area (Å²) < 4.78 is 121. The molecule has 0 spiro atoms. The average Bonchev–Trinajstić information content (AvgIpc) is 2.55. The van der Waals surface area contributed by atoms with Crippen LogP contribution >= 0.6 is 12.4 Å². The molecule has 1 aliphatic heterocycles. The SMILES string of the molecule is Cl.OCC(F)(F)[C@H](c1c(F)cc(C(F)(F)F)cc1C(F)(F)F)N1CCNCC1. The number of aliphatic hydroxyl groups excluding tert-OH is 1. The summed E-state index contributed by atoms with van der Waals surface area (Å²) in [5, 5.41) is 11.7. The molecule has 1 aromatic carbocycles. The molecule has 0 radical (unpaired) electrons. The number of piperazine rings is 1. The molecule has 0 aliphatic carbocycles. The molecular formula is C15H16ClF9N2O. The minimum absolute atomic E-state index is 0. The van der Waals surface area contributed by atoms with Gasteiger partial charge in [0.15, 0.2) is 0 Å². The van der Waals surface area contributed by atoms with Gasteiger partial charge in [-0.15, -0.1) is 12.4 Å². The van der Waals surface area contributed by atoms with E-state index in [1.165, 1.54) is 0 Å². The van der Waals surface area contributed by atoms with E-state index in [9.17, 15) is 39.5 Å². The first-order chi connectivity index (χ1) is 12.3. The second kappa shape index (κ2) is 8.64. The number of aliphatic hydroxyl groups is 1. The van der Waals surface area contributed by atoms with Gasteiger partial charge in [-0.2, -0.15) is 26.3 Å². The van der Waals surface area contributed by atoms with Crippen molar-refractivity contribution in [3.8, 4) is 0 Å². The third-order valence-electron chi connectivity index (χ3n) is 4.16. The molecule has 1 heterocycles. The molecule has 13 heteroatoms. The van der Waals surface area contributed by atoms with Crippen molar-refractivity contribution >= 4 is 12.4 Å². The highest BCUT2D eigenvalue weighted by Gasteiger charge is 2.50. The molecule has 1 saturated heterocycles. The van der Waals surface area contributed by atoms with Crippen molar-refractivity contribution in [1.82, 2.24) is 10.2 Å². The number of nitrogens with one attached hydrogen (secondary N) is 1. The van der Waals surface area contributed by atoms with Crippen LogP contribution in [-0.4, -0.2) is 48.7 Å².